The highest BCUT2D eigenvalue weighted by Crippen LogP contribution is 2.26. The normalized spacial score (nSPS) is 18.4. The Balaban J connectivity index is 2.07. The summed E-state index contributed by atoms with van der Waals surface area (Å²) < 4.78 is 14.2. The monoisotopic (exact) mass is 347 g/mol. The van der Waals surface area contributed by atoms with Crippen molar-refractivity contribution >= 4 is 33.4 Å². The third-order valence-electron chi connectivity index (χ3n) is 3.66. The summed E-state index contributed by atoms with van der Waals surface area (Å²) in [5, 5.41) is 0.125. The maximum absolute atomic E-state index is 13.9. The van der Waals surface area contributed by atoms with Crippen LogP contribution in [0.1, 0.15) is 30.1 Å². The molecule has 1 unspecified atom stereocenters. The first kappa shape index (κ1) is 14.8. The van der Waals surface area contributed by atoms with Gasteiger partial charge < -0.3 is 4.90 Å². The average molecular weight is 349 g/mol. The van der Waals surface area contributed by atoms with Gasteiger partial charge in [0.25, 0.3) is 5.91 Å². The van der Waals surface area contributed by atoms with Crippen molar-refractivity contribution < 1.29 is 9.18 Å². The molecule has 1 aliphatic rings. The molecule has 1 aliphatic heterocycles. The van der Waals surface area contributed by atoms with E-state index < -0.39 is 5.82 Å². The van der Waals surface area contributed by atoms with Crippen molar-refractivity contribution in [1.29, 1.82) is 0 Å². The van der Waals surface area contributed by atoms with Crippen LogP contribution < -0.4 is 0 Å². The molecule has 0 spiro atoms. The molecule has 0 bridgehead atoms. The Morgan fingerprint density at radius 3 is 2.68 bits per heavy atom. The molecular formula is C14H16BrClFNO. The van der Waals surface area contributed by atoms with Crippen LogP contribution in [0.4, 0.5) is 4.39 Å². The predicted octanol–water partition coefficient (Wildman–Crippen LogP) is 4.07. The van der Waals surface area contributed by atoms with Crippen LogP contribution >= 0.6 is 27.5 Å². The van der Waals surface area contributed by atoms with Crippen LogP contribution in [0.15, 0.2) is 22.7 Å². The number of nitrogens with zero attached hydrogens (tertiary/aromatic N) is 1. The maximum Gasteiger partial charge on any atom is 0.256 e. The largest absolute Gasteiger partial charge is 0.339 e. The van der Waals surface area contributed by atoms with Crippen LogP contribution in [0.3, 0.4) is 0 Å². The smallest absolute Gasteiger partial charge is 0.256 e. The number of piperidine rings is 1. The van der Waals surface area contributed by atoms with Gasteiger partial charge in [0.05, 0.1) is 10.0 Å². The van der Waals surface area contributed by atoms with Gasteiger partial charge in [0.15, 0.2) is 0 Å². The molecule has 104 valence electrons. The molecule has 0 aromatic heterocycles. The summed E-state index contributed by atoms with van der Waals surface area (Å²) in [5.41, 5.74) is 0.131. The van der Waals surface area contributed by atoms with E-state index in [2.05, 4.69) is 15.9 Å². The second-order valence-electron chi connectivity index (χ2n) is 4.91. The van der Waals surface area contributed by atoms with Crippen LogP contribution in [0.5, 0.6) is 0 Å². The Morgan fingerprint density at radius 2 is 2.11 bits per heavy atom. The first-order valence-electron chi connectivity index (χ1n) is 6.38. The molecule has 1 aromatic rings. The van der Waals surface area contributed by atoms with Crippen molar-refractivity contribution in [2.75, 3.05) is 13.1 Å². The van der Waals surface area contributed by atoms with Gasteiger partial charge in [-0.25, -0.2) is 4.39 Å². The van der Waals surface area contributed by atoms with E-state index in [1.54, 1.807) is 17.0 Å². The number of carbonyl (C=O) groups is 1. The molecule has 0 radical (unpaired) electrons. The molecule has 1 heterocycles. The Bertz CT molecular complexity index is 473. The molecule has 1 fully saturated rings. The number of amides is 1. The van der Waals surface area contributed by atoms with E-state index >= 15 is 0 Å². The first-order chi connectivity index (χ1) is 9.00. The third kappa shape index (κ3) is 3.29. The summed E-state index contributed by atoms with van der Waals surface area (Å²) in [4.78, 5) is 14.0. The second-order valence-corrected chi connectivity index (χ2v) is 6.45. The predicted molar refractivity (Wildman–Crippen MR) is 78.0 cm³/mol. The lowest BCUT2D eigenvalue weighted by molar-refractivity contribution is 0.0685. The van der Waals surface area contributed by atoms with E-state index in [4.69, 9.17) is 11.6 Å². The van der Waals surface area contributed by atoms with Crippen molar-refractivity contribution in [2.45, 2.75) is 25.1 Å². The molecule has 2 rings (SSSR count). The number of alkyl halides is 1. The topological polar surface area (TPSA) is 20.3 Å². The van der Waals surface area contributed by atoms with Gasteiger partial charge in [-0.3, -0.25) is 4.79 Å². The van der Waals surface area contributed by atoms with Gasteiger partial charge in [-0.05, 0) is 53.7 Å². The van der Waals surface area contributed by atoms with Gasteiger partial charge >= 0.3 is 0 Å². The van der Waals surface area contributed by atoms with Gasteiger partial charge in [-0.2, -0.15) is 0 Å². The van der Waals surface area contributed by atoms with E-state index in [1.165, 1.54) is 6.07 Å². The Kier molecular flexibility index (Phi) is 4.85. The fraction of sp³-hybridized carbons (Fsp3) is 0.500. The quantitative estimate of drug-likeness (QED) is 0.738. The zero-order chi connectivity index (χ0) is 14.0. The summed E-state index contributed by atoms with van der Waals surface area (Å²) in [5.74, 6) is -0.280. The minimum absolute atomic E-state index is 0.125. The second kappa shape index (κ2) is 6.23. The standard InChI is InChI=1S/C14H16BrClFNO/c1-9(16)10-5-7-18(8-6-10)14(19)11-3-2-4-12(15)13(11)17/h2-4,9-10H,5-8H2,1H3. The first-order valence-corrected chi connectivity index (χ1v) is 7.61. The fourth-order valence-electron chi connectivity index (χ4n) is 2.40. The highest BCUT2D eigenvalue weighted by Gasteiger charge is 2.27. The Hall–Kier alpha value is -0.610. The zero-order valence-electron chi connectivity index (χ0n) is 10.7. The summed E-state index contributed by atoms with van der Waals surface area (Å²) in [6.07, 6.45) is 1.76. The van der Waals surface area contributed by atoms with Crippen LogP contribution in [-0.2, 0) is 0 Å². The molecule has 1 saturated heterocycles. The lowest BCUT2D eigenvalue weighted by atomic mass is 9.93. The molecule has 5 heteroatoms. The lowest BCUT2D eigenvalue weighted by Gasteiger charge is -2.33. The fourth-order valence-corrected chi connectivity index (χ4v) is 3.02. The number of benzene rings is 1. The molecule has 0 N–H and O–H groups in total. The molecule has 0 aliphatic carbocycles. The van der Waals surface area contributed by atoms with E-state index in [0.717, 1.165) is 12.8 Å². The van der Waals surface area contributed by atoms with Gasteiger partial charge in [-0.1, -0.05) is 6.07 Å². The SMILES string of the molecule is CC(Cl)C1CCN(C(=O)c2cccc(Br)c2F)CC1. The molecule has 2 nitrogen and oxygen atoms in total. The molecule has 1 atom stereocenters. The van der Waals surface area contributed by atoms with Gasteiger partial charge in [0, 0.05) is 18.5 Å². The van der Waals surface area contributed by atoms with Crippen LogP contribution in [-0.4, -0.2) is 29.3 Å². The molecule has 0 saturated carbocycles. The molecular weight excluding hydrogens is 333 g/mol. The number of carbonyl (C=O) groups excluding carboxylic acids is 1. The van der Waals surface area contributed by atoms with Crippen molar-refractivity contribution in [3.63, 3.8) is 0 Å². The highest BCUT2D eigenvalue weighted by molar-refractivity contribution is 9.10. The molecule has 1 aromatic carbocycles. The number of halogens is 3. The van der Waals surface area contributed by atoms with Crippen molar-refractivity contribution in [1.82, 2.24) is 4.90 Å². The summed E-state index contributed by atoms with van der Waals surface area (Å²) in [7, 11) is 0. The number of rotatable bonds is 2. The Morgan fingerprint density at radius 1 is 1.47 bits per heavy atom. The van der Waals surface area contributed by atoms with Gasteiger partial charge in [0.1, 0.15) is 5.82 Å². The summed E-state index contributed by atoms with van der Waals surface area (Å²) in [6.45, 7) is 3.27. The van der Waals surface area contributed by atoms with E-state index in [0.29, 0.717) is 23.5 Å². The summed E-state index contributed by atoms with van der Waals surface area (Å²) >= 11 is 9.18. The maximum atomic E-state index is 13.9. The van der Waals surface area contributed by atoms with E-state index in [1.807, 2.05) is 6.92 Å². The number of hydrogen-bond acceptors (Lipinski definition) is 1. The summed E-state index contributed by atoms with van der Waals surface area (Å²) in [6, 6.07) is 4.79. The molecule has 19 heavy (non-hydrogen) atoms. The lowest BCUT2D eigenvalue weighted by Crippen LogP contribution is -2.40. The minimum Gasteiger partial charge on any atom is -0.339 e. The van der Waals surface area contributed by atoms with Gasteiger partial charge in [0.2, 0.25) is 0 Å². The zero-order valence-corrected chi connectivity index (χ0v) is 13.0. The highest BCUT2D eigenvalue weighted by atomic mass is 79.9. The van der Waals surface area contributed by atoms with E-state index in [9.17, 15) is 9.18 Å². The van der Waals surface area contributed by atoms with E-state index in [-0.39, 0.29) is 16.8 Å². The molecule has 1 amide bonds. The van der Waals surface area contributed by atoms with Crippen molar-refractivity contribution in [3.05, 3.63) is 34.1 Å². The number of hydrogen-bond donors (Lipinski definition) is 0. The van der Waals surface area contributed by atoms with Crippen molar-refractivity contribution in [3.8, 4) is 0 Å². The van der Waals surface area contributed by atoms with Gasteiger partial charge in [-0.15, -0.1) is 11.6 Å². The van der Waals surface area contributed by atoms with Crippen LogP contribution in [0.2, 0.25) is 0 Å². The van der Waals surface area contributed by atoms with Crippen LogP contribution in [0.25, 0.3) is 0 Å². The van der Waals surface area contributed by atoms with Crippen LogP contribution in [0, 0.1) is 11.7 Å². The third-order valence-corrected chi connectivity index (χ3v) is 4.63. The average Bonchev–Trinajstić information content (AvgIpc) is 2.41. The Labute approximate surface area is 126 Å². The van der Waals surface area contributed by atoms with Crippen molar-refractivity contribution in [2.24, 2.45) is 5.92 Å². The number of likely N-dealkylation sites (tertiary alicyclic amines) is 1. The minimum atomic E-state index is -0.486.